The highest BCUT2D eigenvalue weighted by Gasteiger charge is 2.64. The van der Waals surface area contributed by atoms with Crippen molar-refractivity contribution in [1.82, 2.24) is 0 Å². The fourth-order valence-electron chi connectivity index (χ4n) is 2.89. The lowest BCUT2D eigenvalue weighted by molar-refractivity contribution is -0.680. The van der Waals surface area contributed by atoms with Gasteiger partial charge in [-0.2, -0.15) is 0 Å². The van der Waals surface area contributed by atoms with Crippen LogP contribution in [0.2, 0.25) is 0 Å². The molecule has 0 heterocycles. The minimum atomic E-state index is -1.74. The molecule has 2 aromatic rings. The van der Waals surface area contributed by atoms with E-state index < -0.39 is 20.9 Å². The van der Waals surface area contributed by atoms with E-state index in [1.807, 2.05) is 12.1 Å². The average Bonchev–Trinajstić information content (AvgIpc) is 2.56. The number of nitrogens with zero attached hydrogens (tertiary/aromatic N) is 2. The molecule has 0 aliphatic carbocycles. The third-order valence-electron chi connectivity index (χ3n) is 4.75. The number of nitro groups is 2. The monoisotopic (exact) mass is 328 g/mol. The molecule has 0 aliphatic heterocycles. The predicted molar refractivity (Wildman–Crippen MR) is 91.1 cm³/mol. The molecule has 0 bridgehead atoms. The first kappa shape index (κ1) is 17.6. The quantitative estimate of drug-likeness (QED) is 0.574. The summed E-state index contributed by atoms with van der Waals surface area (Å²) in [6.45, 7) is 2.73. The Bertz CT molecular complexity index is 657. The van der Waals surface area contributed by atoms with Crippen LogP contribution in [0.1, 0.15) is 25.0 Å². The highest BCUT2D eigenvalue weighted by atomic mass is 16.6. The van der Waals surface area contributed by atoms with Gasteiger partial charge in [0.05, 0.1) is 12.8 Å². The molecule has 0 radical (unpaired) electrons. The molecular formula is C18H20N2O4. The minimum absolute atomic E-state index is 0.00878. The van der Waals surface area contributed by atoms with Crippen LogP contribution < -0.4 is 0 Å². The Balaban J connectivity index is 2.47. The first-order chi connectivity index (χ1) is 11.3. The summed E-state index contributed by atoms with van der Waals surface area (Å²) in [5.41, 5.74) is -2.07. The Morgan fingerprint density at radius 3 is 1.25 bits per heavy atom. The fraction of sp³-hybridized carbons (Fsp3) is 0.333. The van der Waals surface area contributed by atoms with Crippen LogP contribution >= 0.6 is 0 Å². The van der Waals surface area contributed by atoms with Crippen molar-refractivity contribution in [1.29, 1.82) is 0 Å². The van der Waals surface area contributed by atoms with Crippen LogP contribution in [-0.4, -0.2) is 20.9 Å². The minimum Gasteiger partial charge on any atom is -0.264 e. The van der Waals surface area contributed by atoms with Crippen molar-refractivity contribution >= 4 is 0 Å². The van der Waals surface area contributed by atoms with E-state index in [1.54, 1.807) is 48.5 Å². The number of hydrogen-bond acceptors (Lipinski definition) is 4. The van der Waals surface area contributed by atoms with Crippen LogP contribution in [0.5, 0.6) is 0 Å². The lowest BCUT2D eigenvalue weighted by Crippen LogP contribution is -2.62. The summed E-state index contributed by atoms with van der Waals surface area (Å²) in [7, 11) is 0. The van der Waals surface area contributed by atoms with Crippen molar-refractivity contribution in [2.24, 2.45) is 0 Å². The van der Waals surface area contributed by atoms with Crippen molar-refractivity contribution < 1.29 is 9.85 Å². The standard InChI is InChI=1S/C18H20N2O4/c1-17(19(21)22,13-15-9-5-3-6-10-15)18(2,20(23)24)14-16-11-7-4-8-12-16/h3-12H,13-14H2,1-2H3/t17-,18-/m0/s1. The number of rotatable bonds is 7. The van der Waals surface area contributed by atoms with Gasteiger partial charge in [0.1, 0.15) is 0 Å². The highest BCUT2D eigenvalue weighted by Crippen LogP contribution is 2.35. The van der Waals surface area contributed by atoms with Gasteiger partial charge in [-0.15, -0.1) is 0 Å². The second-order valence-corrected chi connectivity index (χ2v) is 6.39. The maximum Gasteiger partial charge on any atom is 0.291 e. The van der Waals surface area contributed by atoms with Crippen LogP contribution in [0, 0.1) is 20.2 Å². The molecule has 0 aliphatic rings. The third kappa shape index (κ3) is 3.27. The largest absolute Gasteiger partial charge is 0.291 e. The van der Waals surface area contributed by atoms with Crippen LogP contribution in [0.25, 0.3) is 0 Å². The van der Waals surface area contributed by atoms with Crippen molar-refractivity contribution in [2.45, 2.75) is 37.8 Å². The van der Waals surface area contributed by atoms with Gasteiger partial charge >= 0.3 is 0 Å². The van der Waals surface area contributed by atoms with E-state index >= 15 is 0 Å². The lowest BCUT2D eigenvalue weighted by atomic mass is 9.72. The lowest BCUT2D eigenvalue weighted by Gasteiger charge is -2.32. The molecule has 0 amide bonds. The molecule has 126 valence electrons. The highest BCUT2D eigenvalue weighted by molar-refractivity contribution is 5.22. The van der Waals surface area contributed by atoms with Gasteiger partial charge in [0.15, 0.2) is 0 Å². The summed E-state index contributed by atoms with van der Waals surface area (Å²) in [4.78, 5) is 22.7. The molecule has 0 unspecified atom stereocenters. The van der Waals surface area contributed by atoms with Gasteiger partial charge in [-0.25, -0.2) is 0 Å². The molecule has 24 heavy (non-hydrogen) atoms. The third-order valence-corrected chi connectivity index (χ3v) is 4.75. The molecule has 0 saturated heterocycles. The van der Waals surface area contributed by atoms with Crippen LogP contribution in [0.4, 0.5) is 0 Å². The van der Waals surface area contributed by atoms with E-state index in [-0.39, 0.29) is 12.8 Å². The van der Waals surface area contributed by atoms with E-state index in [9.17, 15) is 20.2 Å². The van der Waals surface area contributed by atoms with Crippen molar-refractivity contribution in [2.75, 3.05) is 0 Å². The Hall–Kier alpha value is -2.76. The van der Waals surface area contributed by atoms with E-state index in [2.05, 4.69) is 0 Å². The van der Waals surface area contributed by atoms with E-state index in [0.717, 1.165) is 0 Å². The zero-order chi connectivity index (χ0) is 17.8. The summed E-state index contributed by atoms with van der Waals surface area (Å²) in [5.74, 6) is 0. The van der Waals surface area contributed by atoms with E-state index in [4.69, 9.17) is 0 Å². The Labute approximate surface area is 140 Å². The molecular weight excluding hydrogens is 308 g/mol. The van der Waals surface area contributed by atoms with Gasteiger partial charge in [-0.05, 0) is 11.1 Å². The Morgan fingerprint density at radius 2 is 1.00 bits per heavy atom. The molecule has 0 saturated carbocycles. The van der Waals surface area contributed by atoms with Crippen molar-refractivity contribution in [3.05, 3.63) is 92.0 Å². The molecule has 2 atom stereocenters. The van der Waals surface area contributed by atoms with Gasteiger partial charge < -0.3 is 0 Å². The summed E-state index contributed by atoms with van der Waals surface area (Å²) in [6, 6.07) is 17.7. The second-order valence-electron chi connectivity index (χ2n) is 6.39. The molecule has 2 rings (SSSR count). The zero-order valence-corrected chi connectivity index (χ0v) is 13.7. The van der Waals surface area contributed by atoms with Crippen LogP contribution in [-0.2, 0) is 12.8 Å². The van der Waals surface area contributed by atoms with Crippen LogP contribution in [0.3, 0.4) is 0 Å². The SMILES string of the molecule is C[C@@](Cc1ccccc1)([N+](=O)[O-])[C@](C)(Cc1ccccc1)[N+](=O)[O-]. The Kier molecular flexibility index (Phi) is 4.97. The number of benzene rings is 2. The van der Waals surface area contributed by atoms with Gasteiger partial charge in [0.25, 0.3) is 11.1 Å². The maximum atomic E-state index is 11.9. The molecule has 6 heteroatoms. The molecule has 0 aromatic heterocycles. The van der Waals surface area contributed by atoms with Gasteiger partial charge in [0, 0.05) is 23.7 Å². The van der Waals surface area contributed by atoms with Crippen molar-refractivity contribution in [3.8, 4) is 0 Å². The van der Waals surface area contributed by atoms with Gasteiger partial charge in [0.2, 0.25) is 0 Å². The summed E-state index contributed by atoms with van der Waals surface area (Å²) >= 11 is 0. The molecule has 6 nitrogen and oxygen atoms in total. The van der Waals surface area contributed by atoms with Gasteiger partial charge in [-0.3, -0.25) is 20.2 Å². The second kappa shape index (κ2) is 6.78. The predicted octanol–water partition coefficient (Wildman–Crippen LogP) is 3.54. The fourth-order valence-corrected chi connectivity index (χ4v) is 2.89. The average molecular weight is 328 g/mol. The van der Waals surface area contributed by atoms with E-state index in [0.29, 0.717) is 11.1 Å². The normalized spacial score (nSPS) is 15.9. The van der Waals surface area contributed by atoms with E-state index in [1.165, 1.54) is 13.8 Å². The smallest absolute Gasteiger partial charge is 0.264 e. The van der Waals surface area contributed by atoms with Gasteiger partial charge in [-0.1, -0.05) is 60.7 Å². The summed E-state index contributed by atoms with van der Waals surface area (Å²) in [5, 5.41) is 23.7. The van der Waals surface area contributed by atoms with Crippen LogP contribution in [0.15, 0.2) is 60.7 Å². The molecule has 0 N–H and O–H groups in total. The first-order valence-electron chi connectivity index (χ1n) is 7.66. The summed E-state index contributed by atoms with van der Waals surface area (Å²) in [6.07, 6.45) is -0.0176. The summed E-state index contributed by atoms with van der Waals surface area (Å²) < 4.78 is 0. The number of hydrogen-bond donors (Lipinski definition) is 0. The molecule has 0 fully saturated rings. The first-order valence-corrected chi connectivity index (χ1v) is 7.66. The maximum absolute atomic E-state index is 11.9. The molecule has 0 spiro atoms. The van der Waals surface area contributed by atoms with Crippen molar-refractivity contribution in [3.63, 3.8) is 0 Å². The topological polar surface area (TPSA) is 86.3 Å². The molecule has 2 aromatic carbocycles. The Morgan fingerprint density at radius 1 is 0.708 bits per heavy atom. The zero-order valence-electron chi connectivity index (χ0n) is 13.7.